The second-order valence-electron chi connectivity index (χ2n) is 13.4. The van der Waals surface area contributed by atoms with Crippen molar-refractivity contribution in [2.24, 2.45) is 14.1 Å². The van der Waals surface area contributed by atoms with Crippen LogP contribution in [0.4, 0.5) is 11.6 Å². The van der Waals surface area contributed by atoms with Crippen molar-refractivity contribution >= 4 is 55.5 Å². The molecule has 0 spiro atoms. The van der Waals surface area contributed by atoms with Crippen LogP contribution < -0.4 is 19.8 Å². The van der Waals surface area contributed by atoms with Crippen LogP contribution in [0.2, 0.25) is 0 Å². The van der Waals surface area contributed by atoms with Gasteiger partial charge in [-0.2, -0.15) is 0 Å². The Hall–Kier alpha value is -5.82. The number of pyridine rings is 2. The fourth-order valence-corrected chi connectivity index (χ4v) is 6.11. The first-order chi connectivity index (χ1) is 27.3. The van der Waals surface area contributed by atoms with Crippen LogP contribution in [0.3, 0.4) is 0 Å². The van der Waals surface area contributed by atoms with E-state index in [1.807, 2.05) is 171 Å². The predicted octanol–water partition coefficient (Wildman–Crippen LogP) is 8.59. The maximum Gasteiger partial charge on any atom is 2.00 e. The first kappa shape index (κ1) is 43.3. The largest absolute Gasteiger partial charge is 2.00 e. The van der Waals surface area contributed by atoms with Crippen LogP contribution in [0.1, 0.15) is 0 Å². The van der Waals surface area contributed by atoms with E-state index in [9.17, 15) is 0 Å². The van der Waals surface area contributed by atoms with E-state index in [2.05, 4.69) is 66.3 Å². The summed E-state index contributed by atoms with van der Waals surface area (Å²) in [5, 5.41) is 4.60. The molecular formula is C46H42N10Pt2. The SMILES string of the molecule is CN(C)c1ccc2c(n1)[n-]c1ccccc12.CN(C)c1ccc2c(n1)[n-]c1ccccc12.Cn1ccnc1-c1[c-]cccc1.Cn1ccnc1-c1[c-]cccc1.[Pt+2].[Pt+2]. The van der Waals surface area contributed by atoms with E-state index < -0.39 is 0 Å². The number of rotatable bonds is 4. The van der Waals surface area contributed by atoms with E-state index in [4.69, 9.17) is 0 Å². The summed E-state index contributed by atoms with van der Waals surface area (Å²) in [4.78, 5) is 30.5. The number of nitrogens with zero attached hydrogens (tertiary/aromatic N) is 10. The molecule has 0 saturated heterocycles. The van der Waals surface area contributed by atoms with Crippen LogP contribution >= 0.6 is 0 Å². The Labute approximate surface area is 367 Å². The Morgan fingerprint density at radius 2 is 0.879 bits per heavy atom. The van der Waals surface area contributed by atoms with Crippen LogP contribution in [-0.2, 0) is 56.2 Å². The molecule has 6 aromatic heterocycles. The van der Waals surface area contributed by atoms with Crippen molar-refractivity contribution in [3.8, 4) is 22.8 Å². The monoisotopic (exact) mass is 1120 g/mol. The average molecular weight is 1130 g/mol. The van der Waals surface area contributed by atoms with Crippen molar-refractivity contribution in [3.63, 3.8) is 0 Å². The molecule has 10 rings (SSSR count). The maximum absolute atomic E-state index is 4.53. The van der Waals surface area contributed by atoms with Crippen molar-refractivity contribution in [1.82, 2.24) is 39.0 Å². The minimum absolute atomic E-state index is 0. The zero-order valence-corrected chi connectivity index (χ0v) is 37.5. The third kappa shape index (κ3) is 10.00. The van der Waals surface area contributed by atoms with E-state index >= 15 is 0 Å². The normalized spacial score (nSPS) is 10.3. The van der Waals surface area contributed by atoms with Crippen LogP contribution in [-0.4, -0.2) is 57.3 Å². The maximum atomic E-state index is 4.53. The van der Waals surface area contributed by atoms with Crippen molar-refractivity contribution in [3.05, 3.63) is 158 Å². The molecule has 12 heteroatoms. The number of hydrogen-bond donors (Lipinski definition) is 0. The topological polar surface area (TPSA) is 96.1 Å². The summed E-state index contributed by atoms with van der Waals surface area (Å²) < 4.78 is 3.96. The van der Waals surface area contributed by atoms with Gasteiger partial charge in [-0.05, 0) is 56.0 Å². The molecule has 58 heavy (non-hydrogen) atoms. The molecule has 0 bridgehead atoms. The Kier molecular flexibility index (Phi) is 15.0. The Balaban J connectivity index is 0.000000147. The fourth-order valence-electron chi connectivity index (χ4n) is 6.11. The third-order valence-corrected chi connectivity index (χ3v) is 9.02. The first-order valence-corrected chi connectivity index (χ1v) is 18.1. The van der Waals surface area contributed by atoms with E-state index in [1.54, 1.807) is 12.4 Å². The molecule has 0 unspecified atom stereocenters. The summed E-state index contributed by atoms with van der Waals surface area (Å²) in [5.41, 5.74) is 5.75. The summed E-state index contributed by atoms with van der Waals surface area (Å²) in [6, 6.07) is 46.4. The molecule has 10 nitrogen and oxygen atoms in total. The van der Waals surface area contributed by atoms with E-state index in [1.165, 1.54) is 10.8 Å². The summed E-state index contributed by atoms with van der Waals surface area (Å²) >= 11 is 0. The van der Waals surface area contributed by atoms with Gasteiger partial charge in [-0.1, -0.05) is 60.7 Å². The number of imidazole rings is 2. The zero-order valence-electron chi connectivity index (χ0n) is 33.0. The van der Waals surface area contributed by atoms with E-state index in [0.717, 1.165) is 67.5 Å². The third-order valence-electron chi connectivity index (χ3n) is 9.02. The molecule has 0 saturated carbocycles. The molecule has 0 aliphatic carbocycles. The van der Waals surface area contributed by atoms with Gasteiger partial charge in [0, 0.05) is 78.7 Å². The van der Waals surface area contributed by atoms with E-state index in [-0.39, 0.29) is 42.1 Å². The second-order valence-corrected chi connectivity index (χ2v) is 13.4. The molecule has 10 aromatic rings. The Morgan fingerprint density at radius 1 is 0.483 bits per heavy atom. The van der Waals surface area contributed by atoms with Crippen LogP contribution in [0.25, 0.3) is 66.6 Å². The van der Waals surface area contributed by atoms with Gasteiger partial charge < -0.3 is 38.9 Å². The summed E-state index contributed by atoms with van der Waals surface area (Å²) in [6.07, 6.45) is 7.43. The smallest absolute Gasteiger partial charge is 0.435 e. The first-order valence-electron chi connectivity index (χ1n) is 18.1. The van der Waals surface area contributed by atoms with Gasteiger partial charge in [0.05, 0.1) is 11.6 Å². The minimum Gasteiger partial charge on any atom is -0.435 e. The van der Waals surface area contributed by atoms with Crippen LogP contribution in [0, 0.1) is 12.1 Å². The summed E-state index contributed by atoms with van der Waals surface area (Å²) in [6.45, 7) is 0. The molecule has 6 heterocycles. The fraction of sp³-hybridized carbons (Fsp3) is 0.130. The van der Waals surface area contributed by atoms with Crippen LogP contribution in [0.5, 0.6) is 0 Å². The van der Waals surface area contributed by atoms with E-state index in [0.29, 0.717) is 0 Å². The van der Waals surface area contributed by atoms with Gasteiger partial charge in [0.15, 0.2) is 0 Å². The molecule has 4 aromatic carbocycles. The van der Waals surface area contributed by atoms with Crippen molar-refractivity contribution in [2.45, 2.75) is 0 Å². The molecule has 0 atom stereocenters. The number of benzene rings is 4. The van der Waals surface area contributed by atoms with Gasteiger partial charge in [0.2, 0.25) is 0 Å². The van der Waals surface area contributed by atoms with Gasteiger partial charge >= 0.3 is 42.1 Å². The van der Waals surface area contributed by atoms with Gasteiger partial charge in [-0.3, -0.25) is 9.97 Å². The van der Waals surface area contributed by atoms with Crippen molar-refractivity contribution < 1.29 is 42.1 Å². The average Bonchev–Trinajstić information content (AvgIpc) is 4.03. The number of aromatic nitrogens is 8. The quantitative estimate of drug-likeness (QED) is 0.162. The molecule has 0 aliphatic rings. The Bertz CT molecular complexity index is 2610. The summed E-state index contributed by atoms with van der Waals surface area (Å²) in [7, 11) is 11.9. The number of fused-ring (bicyclic) bond motifs is 6. The second kappa shape index (κ2) is 20.0. The number of anilines is 2. The molecule has 0 radical (unpaired) electrons. The number of hydrogen-bond acceptors (Lipinski definition) is 6. The predicted molar refractivity (Wildman–Crippen MR) is 229 cm³/mol. The van der Waals surface area contributed by atoms with Gasteiger partial charge in [0.25, 0.3) is 0 Å². The standard InChI is InChI=1S/2C13H12N3.2C10H9N2.2Pt/c2*1-16(2)12-8-7-10-9-5-3-4-6-11(9)14-13(10)15-12;2*1-12-8-7-11-10(12)9-5-3-2-4-6-9;;/h2*3-8H,1-2H3;2*2-5,7-8H,1H3;;/q4*-1;2*+2. The van der Waals surface area contributed by atoms with Crippen molar-refractivity contribution in [1.29, 1.82) is 0 Å². The van der Waals surface area contributed by atoms with Crippen LogP contribution in [0.15, 0.2) is 146 Å². The molecular weight excluding hydrogens is 1080 g/mol. The van der Waals surface area contributed by atoms with Gasteiger partial charge in [0.1, 0.15) is 0 Å². The molecule has 296 valence electrons. The molecule has 0 aliphatic heterocycles. The molecule has 0 fully saturated rings. The van der Waals surface area contributed by atoms with Crippen molar-refractivity contribution in [2.75, 3.05) is 38.0 Å². The Morgan fingerprint density at radius 3 is 1.22 bits per heavy atom. The zero-order chi connectivity index (χ0) is 39.0. The minimum atomic E-state index is 0. The molecule has 0 N–H and O–H groups in total. The van der Waals surface area contributed by atoms with Gasteiger partial charge in [-0.25, -0.2) is 0 Å². The molecule has 0 amide bonds. The number of para-hydroxylation sites is 2. The van der Waals surface area contributed by atoms with Gasteiger partial charge in [-0.15, -0.1) is 71.8 Å². The number of aryl methyl sites for hydroxylation is 2. The summed E-state index contributed by atoms with van der Waals surface area (Å²) in [5.74, 6) is 3.79.